The number of nitrogens with two attached hydrogens (primary N) is 1. The van der Waals surface area contributed by atoms with Crippen LogP contribution in [-0.2, 0) is 22.6 Å². The summed E-state index contributed by atoms with van der Waals surface area (Å²) in [5.41, 5.74) is 9.02. The molecular weight excluding hydrogens is 440 g/mol. The van der Waals surface area contributed by atoms with Crippen molar-refractivity contribution in [1.29, 1.82) is 0 Å². The van der Waals surface area contributed by atoms with E-state index < -0.39 is 0 Å². The fourth-order valence-corrected chi connectivity index (χ4v) is 4.42. The monoisotopic (exact) mass is 480 g/mol. The topological polar surface area (TPSA) is 115 Å². The Balaban J connectivity index is 1.51. The number of imidazole rings is 1. The summed E-state index contributed by atoms with van der Waals surface area (Å²) < 4.78 is 2.31. The number of nitrogens with zero attached hydrogens (tertiary/aromatic N) is 3. The number of para-hydroxylation sites is 1. The van der Waals surface area contributed by atoms with E-state index in [1.165, 1.54) is 0 Å². The third-order valence-electron chi connectivity index (χ3n) is 6.26. The number of hydrogen-bond acceptors (Lipinski definition) is 5. The number of aryl methyl sites for hydroxylation is 2. The Morgan fingerprint density at radius 3 is 2.40 bits per heavy atom. The molecule has 2 amide bonds. The third-order valence-corrected chi connectivity index (χ3v) is 6.26. The largest absolute Gasteiger partial charge is 0.382 e. The molecular formula is C27H40N6O2. The maximum absolute atomic E-state index is 12.1. The van der Waals surface area contributed by atoms with Gasteiger partial charge in [-0.3, -0.25) is 9.59 Å². The number of aromatic nitrogens is 3. The minimum Gasteiger partial charge on any atom is -0.382 e. The highest BCUT2D eigenvalue weighted by Crippen LogP contribution is 2.29. The molecule has 1 aromatic carbocycles. The molecule has 0 aliphatic carbocycles. The summed E-state index contributed by atoms with van der Waals surface area (Å²) in [4.78, 5) is 33.0. The fourth-order valence-electron chi connectivity index (χ4n) is 4.42. The number of anilines is 1. The van der Waals surface area contributed by atoms with Gasteiger partial charge in [-0.1, -0.05) is 38.0 Å². The Labute approximate surface area is 208 Å². The summed E-state index contributed by atoms with van der Waals surface area (Å²) in [6.07, 6.45) is 8.52. The number of fused-ring (bicyclic) bond motifs is 3. The van der Waals surface area contributed by atoms with E-state index >= 15 is 0 Å². The Hall–Kier alpha value is -3.16. The summed E-state index contributed by atoms with van der Waals surface area (Å²) >= 11 is 0. The second kappa shape index (κ2) is 13.7. The molecule has 0 radical (unpaired) electrons. The normalized spacial score (nSPS) is 11.3. The quantitative estimate of drug-likeness (QED) is 0.277. The Kier molecular flexibility index (Phi) is 10.3. The van der Waals surface area contributed by atoms with Crippen LogP contribution in [0.5, 0.6) is 0 Å². The highest BCUT2D eigenvalue weighted by Gasteiger charge is 2.16. The number of rotatable bonds is 15. The van der Waals surface area contributed by atoms with Crippen molar-refractivity contribution in [2.45, 2.75) is 84.6 Å². The molecule has 0 aliphatic rings. The van der Waals surface area contributed by atoms with Gasteiger partial charge in [-0.2, -0.15) is 0 Å². The zero-order valence-corrected chi connectivity index (χ0v) is 21.2. The molecule has 0 spiro atoms. The highest BCUT2D eigenvalue weighted by molar-refractivity contribution is 6.06. The van der Waals surface area contributed by atoms with Gasteiger partial charge in [0.1, 0.15) is 11.3 Å². The molecule has 3 aromatic rings. The maximum Gasteiger partial charge on any atom is 0.219 e. The van der Waals surface area contributed by atoms with Crippen molar-refractivity contribution in [3.05, 3.63) is 30.1 Å². The van der Waals surface area contributed by atoms with Crippen LogP contribution in [0.15, 0.2) is 24.3 Å². The number of pyridine rings is 1. The summed E-state index contributed by atoms with van der Waals surface area (Å²) in [6, 6.07) is 8.08. The highest BCUT2D eigenvalue weighted by atomic mass is 16.2. The number of carbonyl (C=O) groups is 2. The van der Waals surface area contributed by atoms with Crippen LogP contribution in [0.1, 0.15) is 77.5 Å². The molecule has 190 valence electrons. The van der Waals surface area contributed by atoms with E-state index in [0.29, 0.717) is 31.7 Å². The molecule has 2 aromatic heterocycles. The summed E-state index contributed by atoms with van der Waals surface area (Å²) in [5.74, 6) is 1.72. The Bertz CT molecular complexity index is 1120. The molecule has 0 atom stereocenters. The molecule has 4 N–H and O–H groups in total. The molecule has 0 unspecified atom stereocenters. The van der Waals surface area contributed by atoms with E-state index in [0.717, 1.165) is 85.7 Å². The minimum atomic E-state index is 0.0876. The first-order valence-corrected chi connectivity index (χ1v) is 13.1. The standard InChI is InChI=1S/C27H40N6O2/c1-3-5-15-22-32-25-26(20-13-9-10-14-21(20)31-27(25)28)33(22)19-12-11-18-30-24(35)17-8-6-7-16-23(34)29-4-2/h9-10,13-14H,3-8,11-12,15-19H2,1-2H3,(H2,28,31)(H,29,34)(H,30,35). The first-order chi connectivity index (χ1) is 17.0. The SMILES string of the molecule is CCCCc1nc2c(N)nc3ccccc3c2n1CCCCNC(=O)CCCCCC(=O)NCC. The first kappa shape index (κ1) is 26.4. The van der Waals surface area contributed by atoms with Gasteiger partial charge in [0.25, 0.3) is 0 Å². The van der Waals surface area contributed by atoms with Crippen molar-refractivity contribution in [2.75, 3.05) is 18.8 Å². The van der Waals surface area contributed by atoms with E-state index in [-0.39, 0.29) is 11.8 Å². The average Bonchev–Trinajstić information content (AvgIpc) is 3.21. The predicted octanol–water partition coefficient (Wildman–Crippen LogP) is 4.49. The van der Waals surface area contributed by atoms with Gasteiger partial charge in [0, 0.05) is 44.3 Å². The molecule has 0 fully saturated rings. The lowest BCUT2D eigenvalue weighted by Gasteiger charge is -2.11. The van der Waals surface area contributed by atoms with E-state index in [2.05, 4.69) is 33.2 Å². The number of nitrogens with one attached hydrogen (secondary N) is 2. The summed E-state index contributed by atoms with van der Waals surface area (Å²) in [6.45, 7) is 6.27. The van der Waals surface area contributed by atoms with Gasteiger partial charge in [0.05, 0.1) is 11.0 Å². The smallest absolute Gasteiger partial charge is 0.219 e. The van der Waals surface area contributed by atoms with E-state index in [9.17, 15) is 9.59 Å². The molecule has 0 bridgehead atoms. The minimum absolute atomic E-state index is 0.0876. The number of hydrogen-bond donors (Lipinski definition) is 3. The van der Waals surface area contributed by atoms with Crippen LogP contribution in [0.4, 0.5) is 5.82 Å². The second-order valence-corrected chi connectivity index (χ2v) is 9.07. The first-order valence-electron chi connectivity index (χ1n) is 13.1. The fraction of sp³-hybridized carbons (Fsp3) is 0.556. The van der Waals surface area contributed by atoms with Gasteiger partial charge in [-0.15, -0.1) is 0 Å². The molecule has 3 rings (SSSR count). The Morgan fingerprint density at radius 2 is 1.66 bits per heavy atom. The number of nitrogen functional groups attached to an aromatic ring is 1. The molecule has 35 heavy (non-hydrogen) atoms. The van der Waals surface area contributed by atoms with Crippen LogP contribution in [0, 0.1) is 0 Å². The zero-order valence-electron chi connectivity index (χ0n) is 21.2. The van der Waals surface area contributed by atoms with Crippen molar-refractivity contribution < 1.29 is 9.59 Å². The number of benzene rings is 1. The average molecular weight is 481 g/mol. The lowest BCUT2D eigenvalue weighted by atomic mass is 10.1. The maximum atomic E-state index is 12.1. The van der Waals surface area contributed by atoms with Crippen LogP contribution >= 0.6 is 0 Å². The van der Waals surface area contributed by atoms with Gasteiger partial charge in [-0.05, 0) is 45.1 Å². The van der Waals surface area contributed by atoms with Gasteiger partial charge >= 0.3 is 0 Å². The van der Waals surface area contributed by atoms with E-state index in [1.54, 1.807) is 0 Å². The lowest BCUT2D eigenvalue weighted by Crippen LogP contribution is -2.24. The van der Waals surface area contributed by atoms with Crippen LogP contribution in [0.2, 0.25) is 0 Å². The molecule has 8 heteroatoms. The lowest BCUT2D eigenvalue weighted by molar-refractivity contribution is -0.121. The zero-order chi connectivity index (χ0) is 25.0. The Morgan fingerprint density at radius 1 is 0.914 bits per heavy atom. The second-order valence-electron chi connectivity index (χ2n) is 9.07. The third kappa shape index (κ3) is 7.41. The molecule has 0 saturated carbocycles. The van der Waals surface area contributed by atoms with Crippen LogP contribution in [0.3, 0.4) is 0 Å². The van der Waals surface area contributed by atoms with Crippen molar-refractivity contribution in [1.82, 2.24) is 25.2 Å². The van der Waals surface area contributed by atoms with Gasteiger partial charge in [-0.25, -0.2) is 9.97 Å². The molecule has 0 saturated heterocycles. The molecule has 2 heterocycles. The number of unbranched alkanes of at least 4 members (excludes halogenated alkanes) is 4. The number of amides is 2. The van der Waals surface area contributed by atoms with E-state index in [4.69, 9.17) is 10.7 Å². The summed E-state index contributed by atoms with van der Waals surface area (Å²) in [7, 11) is 0. The van der Waals surface area contributed by atoms with Gasteiger partial charge < -0.3 is 20.9 Å². The van der Waals surface area contributed by atoms with E-state index in [1.807, 2.05) is 25.1 Å². The summed E-state index contributed by atoms with van der Waals surface area (Å²) in [5, 5.41) is 6.91. The molecule has 8 nitrogen and oxygen atoms in total. The van der Waals surface area contributed by atoms with Crippen LogP contribution in [0.25, 0.3) is 21.9 Å². The van der Waals surface area contributed by atoms with Gasteiger partial charge in [0.2, 0.25) is 11.8 Å². The molecule has 0 aliphatic heterocycles. The van der Waals surface area contributed by atoms with Crippen molar-refractivity contribution >= 4 is 39.6 Å². The van der Waals surface area contributed by atoms with Crippen LogP contribution < -0.4 is 16.4 Å². The van der Waals surface area contributed by atoms with Crippen molar-refractivity contribution in [2.24, 2.45) is 0 Å². The van der Waals surface area contributed by atoms with Gasteiger partial charge in [0.15, 0.2) is 5.82 Å². The number of carbonyl (C=O) groups excluding carboxylic acids is 2. The predicted molar refractivity (Wildman–Crippen MR) is 142 cm³/mol. The van der Waals surface area contributed by atoms with Crippen molar-refractivity contribution in [3.8, 4) is 0 Å². The van der Waals surface area contributed by atoms with Crippen LogP contribution in [-0.4, -0.2) is 39.4 Å². The van der Waals surface area contributed by atoms with Crippen molar-refractivity contribution in [3.63, 3.8) is 0 Å².